The number of rotatable bonds is 4. The second kappa shape index (κ2) is 5.09. The van der Waals surface area contributed by atoms with Crippen LogP contribution in [0.4, 0.5) is 10.1 Å². The van der Waals surface area contributed by atoms with E-state index in [1.807, 2.05) is 6.92 Å². The molecular formula is C13H14FN3O2. The van der Waals surface area contributed by atoms with E-state index in [-0.39, 0.29) is 12.1 Å². The summed E-state index contributed by atoms with van der Waals surface area (Å²) < 4.78 is 15.2. The molecule has 0 fully saturated rings. The lowest BCUT2D eigenvalue weighted by atomic mass is 10.1. The number of hydrogen-bond acceptors (Lipinski definition) is 3. The number of anilines is 1. The van der Waals surface area contributed by atoms with Crippen LogP contribution in [0.5, 0.6) is 0 Å². The summed E-state index contributed by atoms with van der Waals surface area (Å²) in [5.74, 6) is -1.50. The minimum absolute atomic E-state index is 0.0705. The van der Waals surface area contributed by atoms with Crippen molar-refractivity contribution in [1.29, 1.82) is 0 Å². The number of aromatic nitrogens is 2. The van der Waals surface area contributed by atoms with Crippen LogP contribution >= 0.6 is 0 Å². The first kappa shape index (κ1) is 13.1. The molecule has 2 aromatic rings. The predicted molar refractivity (Wildman–Crippen MR) is 68.6 cm³/mol. The molecule has 0 saturated carbocycles. The summed E-state index contributed by atoms with van der Waals surface area (Å²) in [6, 6.07) is 3.74. The van der Waals surface area contributed by atoms with Crippen LogP contribution in [-0.4, -0.2) is 20.9 Å². The fraction of sp³-hybridized carbons (Fsp3) is 0.231. The molecule has 19 heavy (non-hydrogen) atoms. The smallest absolute Gasteiger partial charge is 0.335 e. The van der Waals surface area contributed by atoms with Crippen LogP contribution in [-0.2, 0) is 13.6 Å². The SMILES string of the molecule is Cc1nn(C)cc1NCc1cc(C(=O)O)ccc1F. The van der Waals surface area contributed by atoms with Gasteiger partial charge in [0, 0.05) is 25.4 Å². The number of nitrogens with zero attached hydrogens (tertiary/aromatic N) is 2. The standard InChI is InChI=1S/C13H14FN3O2/c1-8-12(7-17(2)16-8)15-6-10-5-9(13(18)19)3-4-11(10)14/h3-5,7,15H,6H2,1-2H3,(H,18,19). The molecule has 0 amide bonds. The molecule has 100 valence electrons. The summed E-state index contributed by atoms with van der Waals surface area (Å²) >= 11 is 0. The Kier molecular flexibility index (Phi) is 3.50. The van der Waals surface area contributed by atoms with E-state index in [9.17, 15) is 9.18 Å². The van der Waals surface area contributed by atoms with Crippen molar-refractivity contribution in [2.45, 2.75) is 13.5 Å². The van der Waals surface area contributed by atoms with Gasteiger partial charge >= 0.3 is 5.97 Å². The van der Waals surface area contributed by atoms with Crippen LogP contribution in [0, 0.1) is 12.7 Å². The molecule has 5 nitrogen and oxygen atoms in total. The van der Waals surface area contributed by atoms with Gasteiger partial charge in [-0.05, 0) is 25.1 Å². The third kappa shape index (κ3) is 2.90. The summed E-state index contributed by atoms with van der Waals surface area (Å²) in [5, 5.41) is 16.1. The van der Waals surface area contributed by atoms with Gasteiger partial charge in [-0.15, -0.1) is 0 Å². The first-order chi connectivity index (χ1) is 8.97. The van der Waals surface area contributed by atoms with E-state index in [0.717, 1.165) is 17.4 Å². The average molecular weight is 263 g/mol. The molecule has 0 aliphatic rings. The second-order valence-corrected chi connectivity index (χ2v) is 4.27. The normalized spacial score (nSPS) is 10.5. The summed E-state index contributed by atoms with van der Waals surface area (Å²) in [7, 11) is 1.80. The molecule has 2 N–H and O–H groups in total. The first-order valence-electron chi connectivity index (χ1n) is 5.73. The maximum Gasteiger partial charge on any atom is 0.335 e. The van der Waals surface area contributed by atoms with Crippen LogP contribution in [0.1, 0.15) is 21.6 Å². The summed E-state index contributed by atoms with van der Waals surface area (Å²) in [6.07, 6.45) is 1.79. The van der Waals surface area contributed by atoms with Crippen molar-refractivity contribution in [2.75, 3.05) is 5.32 Å². The monoisotopic (exact) mass is 263 g/mol. The van der Waals surface area contributed by atoms with E-state index >= 15 is 0 Å². The maximum atomic E-state index is 13.6. The number of carboxylic acid groups (broad SMARTS) is 1. The average Bonchev–Trinajstić information content (AvgIpc) is 2.66. The molecule has 0 spiro atoms. The van der Waals surface area contributed by atoms with Gasteiger partial charge in [0.05, 0.1) is 16.9 Å². The van der Waals surface area contributed by atoms with Crippen LogP contribution < -0.4 is 5.32 Å². The lowest BCUT2D eigenvalue weighted by Crippen LogP contribution is -2.05. The van der Waals surface area contributed by atoms with Crippen LogP contribution in [0.2, 0.25) is 0 Å². The minimum Gasteiger partial charge on any atom is -0.478 e. The predicted octanol–water partition coefficient (Wildman–Crippen LogP) is 2.18. The van der Waals surface area contributed by atoms with Crippen molar-refractivity contribution < 1.29 is 14.3 Å². The first-order valence-corrected chi connectivity index (χ1v) is 5.73. The molecule has 1 aromatic heterocycles. The molecular weight excluding hydrogens is 249 g/mol. The van der Waals surface area contributed by atoms with Crippen molar-refractivity contribution in [3.8, 4) is 0 Å². The van der Waals surface area contributed by atoms with Gasteiger partial charge < -0.3 is 10.4 Å². The molecule has 0 bridgehead atoms. The van der Waals surface area contributed by atoms with Gasteiger partial charge in [-0.2, -0.15) is 5.10 Å². The minimum atomic E-state index is -1.07. The van der Waals surface area contributed by atoms with Crippen LogP contribution in [0.15, 0.2) is 24.4 Å². The highest BCUT2D eigenvalue weighted by molar-refractivity contribution is 5.87. The van der Waals surface area contributed by atoms with Crippen LogP contribution in [0.3, 0.4) is 0 Å². The quantitative estimate of drug-likeness (QED) is 0.887. The molecule has 6 heteroatoms. The van der Waals surface area contributed by atoms with E-state index < -0.39 is 11.8 Å². The zero-order valence-electron chi connectivity index (χ0n) is 10.6. The fourth-order valence-corrected chi connectivity index (χ4v) is 1.81. The molecule has 0 atom stereocenters. The van der Waals surface area contributed by atoms with E-state index in [0.29, 0.717) is 5.56 Å². The van der Waals surface area contributed by atoms with E-state index in [4.69, 9.17) is 5.11 Å². The van der Waals surface area contributed by atoms with Gasteiger partial charge in [-0.1, -0.05) is 0 Å². The Morgan fingerprint density at radius 2 is 2.26 bits per heavy atom. The third-order valence-corrected chi connectivity index (χ3v) is 2.78. The highest BCUT2D eigenvalue weighted by Gasteiger charge is 2.09. The van der Waals surface area contributed by atoms with Gasteiger partial charge in [0.15, 0.2) is 0 Å². The molecule has 0 aliphatic carbocycles. The van der Waals surface area contributed by atoms with Gasteiger partial charge in [0.1, 0.15) is 5.82 Å². The molecule has 1 aromatic carbocycles. The molecule has 0 unspecified atom stereocenters. The summed E-state index contributed by atoms with van der Waals surface area (Å²) in [4.78, 5) is 10.8. The van der Waals surface area contributed by atoms with Crippen molar-refractivity contribution in [2.24, 2.45) is 7.05 Å². The highest BCUT2D eigenvalue weighted by atomic mass is 19.1. The molecule has 0 saturated heterocycles. The Morgan fingerprint density at radius 3 is 2.84 bits per heavy atom. The summed E-state index contributed by atoms with van der Waals surface area (Å²) in [6.45, 7) is 2.05. The number of carbonyl (C=O) groups is 1. The number of carboxylic acids is 1. The third-order valence-electron chi connectivity index (χ3n) is 2.78. The Morgan fingerprint density at radius 1 is 1.53 bits per heavy atom. The maximum absolute atomic E-state index is 13.6. The zero-order chi connectivity index (χ0) is 14.0. The van der Waals surface area contributed by atoms with Gasteiger partial charge in [-0.25, -0.2) is 9.18 Å². The molecule has 1 heterocycles. The Bertz CT molecular complexity index is 622. The van der Waals surface area contributed by atoms with E-state index in [1.165, 1.54) is 12.1 Å². The lowest BCUT2D eigenvalue weighted by Gasteiger charge is -2.07. The second-order valence-electron chi connectivity index (χ2n) is 4.27. The number of aryl methyl sites for hydroxylation is 2. The Hall–Kier alpha value is -2.37. The number of nitrogens with one attached hydrogen (secondary N) is 1. The Balaban J connectivity index is 2.17. The van der Waals surface area contributed by atoms with Crippen molar-refractivity contribution in [1.82, 2.24) is 9.78 Å². The van der Waals surface area contributed by atoms with Crippen LogP contribution in [0.25, 0.3) is 0 Å². The Labute approximate surface area is 109 Å². The van der Waals surface area contributed by atoms with E-state index in [1.54, 1.807) is 17.9 Å². The zero-order valence-corrected chi connectivity index (χ0v) is 10.6. The largest absolute Gasteiger partial charge is 0.478 e. The van der Waals surface area contributed by atoms with Gasteiger partial charge in [0.25, 0.3) is 0 Å². The van der Waals surface area contributed by atoms with E-state index in [2.05, 4.69) is 10.4 Å². The number of hydrogen-bond donors (Lipinski definition) is 2. The van der Waals surface area contributed by atoms with Gasteiger partial charge in [0.2, 0.25) is 0 Å². The van der Waals surface area contributed by atoms with Crippen molar-refractivity contribution in [3.05, 3.63) is 47.0 Å². The fourth-order valence-electron chi connectivity index (χ4n) is 1.81. The highest BCUT2D eigenvalue weighted by Crippen LogP contribution is 2.16. The topological polar surface area (TPSA) is 67.2 Å². The molecule has 0 aliphatic heterocycles. The lowest BCUT2D eigenvalue weighted by molar-refractivity contribution is 0.0696. The molecule has 0 radical (unpaired) electrons. The van der Waals surface area contributed by atoms with Crippen molar-refractivity contribution >= 4 is 11.7 Å². The number of aromatic carboxylic acids is 1. The van der Waals surface area contributed by atoms with Crippen molar-refractivity contribution in [3.63, 3.8) is 0 Å². The molecule has 2 rings (SSSR count). The number of benzene rings is 1. The number of halogens is 1. The summed E-state index contributed by atoms with van der Waals surface area (Å²) in [5.41, 5.74) is 1.98. The van der Waals surface area contributed by atoms with Gasteiger partial charge in [-0.3, -0.25) is 4.68 Å².